The third kappa shape index (κ3) is 5.69. The number of hydrogen-bond acceptors (Lipinski definition) is 5. The molecule has 1 saturated heterocycles. The van der Waals surface area contributed by atoms with Crippen LogP contribution in [-0.2, 0) is 17.7 Å². The molecule has 1 aliphatic heterocycles. The summed E-state index contributed by atoms with van der Waals surface area (Å²) in [7, 11) is 1.67. The lowest BCUT2D eigenvalue weighted by Crippen LogP contribution is -2.46. The molecule has 0 radical (unpaired) electrons. The average Bonchev–Trinajstić information content (AvgIpc) is 3.01. The van der Waals surface area contributed by atoms with Crippen LogP contribution in [0.25, 0.3) is 0 Å². The van der Waals surface area contributed by atoms with E-state index in [4.69, 9.17) is 4.74 Å². The molecule has 1 aliphatic rings. The molecule has 7 nitrogen and oxygen atoms in total. The smallest absolute Gasteiger partial charge is 0.317 e. The molecule has 0 aliphatic carbocycles. The van der Waals surface area contributed by atoms with Gasteiger partial charge in [-0.2, -0.15) is 11.8 Å². The van der Waals surface area contributed by atoms with E-state index >= 15 is 0 Å². The number of carbonyl (C=O) groups excluding carboxylic acids is 1. The van der Waals surface area contributed by atoms with Crippen LogP contribution in [0, 0.1) is 5.92 Å². The summed E-state index contributed by atoms with van der Waals surface area (Å²) >= 11 is 1.86. The summed E-state index contributed by atoms with van der Waals surface area (Å²) in [5.74, 6) is 2.63. The first kappa shape index (κ1) is 18.1. The van der Waals surface area contributed by atoms with Gasteiger partial charge < -0.3 is 19.5 Å². The molecule has 2 rings (SSSR count). The Hall–Kier alpha value is -1.28. The van der Waals surface area contributed by atoms with E-state index in [0.717, 1.165) is 37.6 Å². The number of aromatic nitrogens is 3. The molecule has 1 aromatic heterocycles. The first-order valence-electron chi connectivity index (χ1n) is 8.12. The molecule has 1 fully saturated rings. The average molecular weight is 341 g/mol. The molecular formula is C15H27N5O2S. The number of thioether (sulfide) groups is 1. The van der Waals surface area contributed by atoms with Crippen LogP contribution in [0.4, 0.5) is 4.79 Å². The summed E-state index contributed by atoms with van der Waals surface area (Å²) in [5.41, 5.74) is 0. The predicted molar refractivity (Wildman–Crippen MR) is 91.7 cm³/mol. The molecule has 0 saturated carbocycles. The van der Waals surface area contributed by atoms with Gasteiger partial charge in [0.2, 0.25) is 0 Å². The van der Waals surface area contributed by atoms with Crippen LogP contribution in [0.15, 0.2) is 6.33 Å². The Morgan fingerprint density at radius 2 is 2.43 bits per heavy atom. The van der Waals surface area contributed by atoms with Gasteiger partial charge in [0.1, 0.15) is 12.2 Å². The largest absolute Gasteiger partial charge is 0.383 e. The summed E-state index contributed by atoms with van der Waals surface area (Å²) in [6.07, 6.45) is 6.83. The maximum atomic E-state index is 12.3. The first-order chi connectivity index (χ1) is 11.2. The van der Waals surface area contributed by atoms with E-state index in [2.05, 4.69) is 21.8 Å². The Kier molecular flexibility index (Phi) is 7.67. The fourth-order valence-electron chi connectivity index (χ4n) is 2.86. The van der Waals surface area contributed by atoms with Crippen molar-refractivity contribution in [1.82, 2.24) is 25.0 Å². The van der Waals surface area contributed by atoms with Crippen LogP contribution < -0.4 is 5.32 Å². The summed E-state index contributed by atoms with van der Waals surface area (Å²) < 4.78 is 7.03. The van der Waals surface area contributed by atoms with E-state index in [-0.39, 0.29) is 6.03 Å². The first-order valence-corrected chi connectivity index (χ1v) is 9.51. The monoisotopic (exact) mass is 341 g/mol. The lowest BCUT2D eigenvalue weighted by atomic mass is 10.0. The number of nitrogens with one attached hydrogen (secondary N) is 1. The zero-order valence-corrected chi connectivity index (χ0v) is 14.8. The minimum absolute atomic E-state index is 0.0405. The number of ether oxygens (including phenoxy) is 1. The molecule has 23 heavy (non-hydrogen) atoms. The molecule has 2 heterocycles. The zero-order chi connectivity index (χ0) is 16.5. The number of urea groups is 1. The Bertz CT molecular complexity index is 480. The van der Waals surface area contributed by atoms with Gasteiger partial charge in [-0.15, -0.1) is 10.2 Å². The van der Waals surface area contributed by atoms with Crippen molar-refractivity contribution in [3.8, 4) is 0 Å². The number of piperidine rings is 1. The third-order valence-electron chi connectivity index (χ3n) is 4.07. The summed E-state index contributed by atoms with van der Waals surface area (Å²) in [6, 6.07) is 0.0405. The van der Waals surface area contributed by atoms with Crippen molar-refractivity contribution < 1.29 is 9.53 Å². The number of amides is 2. The highest BCUT2D eigenvalue weighted by molar-refractivity contribution is 7.98. The van der Waals surface area contributed by atoms with Gasteiger partial charge in [-0.05, 0) is 30.8 Å². The predicted octanol–water partition coefficient (Wildman–Crippen LogP) is 1.25. The maximum absolute atomic E-state index is 12.3. The highest BCUT2D eigenvalue weighted by Crippen LogP contribution is 2.19. The second-order valence-corrected chi connectivity index (χ2v) is 6.74. The third-order valence-corrected chi connectivity index (χ3v) is 4.87. The lowest BCUT2D eigenvalue weighted by molar-refractivity contribution is 0.171. The van der Waals surface area contributed by atoms with Crippen LogP contribution in [0.3, 0.4) is 0 Å². The summed E-state index contributed by atoms with van der Waals surface area (Å²) in [5, 5.41) is 11.0. The molecule has 1 N–H and O–H groups in total. The van der Waals surface area contributed by atoms with Gasteiger partial charge in [0.25, 0.3) is 0 Å². The van der Waals surface area contributed by atoms with Crippen molar-refractivity contribution in [3.63, 3.8) is 0 Å². The summed E-state index contributed by atoms with van der Waals surface area (Å²) in [4.78, 5) is 14.2. The van der Waals surface area contributed by atoms with Crippen LogP contribution in [0.1, 0.15) is 18.7 Å². The molecule has 1 atom stereocenters. The van der Waals surface area contributed by atoms with Gasteiger partial charge in [0.05, 0.1) is 6.61 Å². The van der Waals surface area contributed by atoms with Gasteiger partial charge in [0.15, 0.2) is 0 Å². The standard InChI is InChI=1S/C15H27N5O2S/c1-22-9-8-20-12-17-18-14(20)5-6-16-15(21)19-7-3-4-13(10-19)11-23-2/h12-13H,3-11H2,1-2H3,(H,16,21)/t13-/m0/s1. The molecular weight excluding hydrogens is 314 g/mol. The molecule has 8 heteroatoms. The Labute approximate surface area is 142 Å². The van der Waals surface area contributed by atoms with Crippen molar-refractivity contribution >= 4 is 17.8 Å². The van der Waals surface area contributed by atoms with Crippen molar-refractivity contribution in [1.29, 1.82) is 0 Å². The van der Waals surface area contributed by atoms with Crippen molar-refractivity contribution in [2.45, 2.75) is 25.8 Å². The number of rotatable bonds is 8. The highest BCUT2D eigenvalue weighted by Gasteiger charge is 2.23. The van der Waals surface area contributed by atoms with Crippen molar-refractivity contribution in [2.24, 2.45) is 5.92 Å². The van der Waals surface area contributed by atoms with Crippen LogP contribution in [-0.4, -0.2) is 71.1 Å². The molecule has 2 amide bonds. The second kappa shape index (κ2) is 9.77. The lowest BCUT2D eigenvalue weighted by Gasteiger charge is -2.32. The van der Waals surface area contributed by atoms with Crippen LogP contribution >= 0.6 is 11.8 Å². The molecule has 0 spiro atoms. The zero-order valence-electron chi connectivity index (χ0n) is 14.0. The van der Waals surface area contributed by atoms with E-state index in [1.165, 1.54) is 6.42 Å². The van der Waals surface area contributed by atoms with E-state index < -0.39 is 0 Å². The van der Waals surface area contributed by atoms with Gasteiger partial charge in [-0.25, -0.2) is 4.79 Å². The van der Waals surface area contributed by atoms with Crippen molar-refractivity contribution in [3.05, 3.63) is 12.2 Å². The summed E-state index contributed by atoms with van der Waals surface area (Å²) in [6.45, 7) is 3.67. The Morgan fingerprint density at radius 3 is 3.22 bits per heavy atom. The molecule has 0 bridgehead atoms. The molecule has 0 aromatic carbocycles. The molecule has 130 valence electrons. The van der Waals surface area contributed by atoms with Gasteiger partial charge >= 0.3 is 6.03 Å². The SMILES string of the molecule is COCCn1cnnc1CCNC(=O)N1CCC[C@H](CSC)C1. The van der Waals surface area contributed by atoms with E-state index in [0.29, 0.717) is 25.5 Å². The van der Waals surface area contributed by atoms with Gasteiger partial charge in [-0.3, -0.25) is 0 Å². The normalized spacial score (nSPS) is 18.2. The quantitative estimate of drug-likeness (QED) is 0.770. The minimum Gasteiger partial charge on any atom is -0.383 e. The minimum atomic E-state index is 0.0405. The number of nitrogens with zero attached hydrogens (tertiary/aromatic N) is 4. The van der Waals surface area contributed by atoms with E-state index in [1.54, 1.807) is 13.4 Å². The number of methoxy groups -OCH3 is 1. The maximum Gasteiger partial charge on any atom is 0.317 e. The van der Waals surface area contributed by atoms with Crippen LogP contribution in [0.5, 0.6) is 0 Å². The molecule has 0 unspecified atom stereocenters. The molecule has 1 aromatic rings. The topological polar surface area (TPSA) is 72.3 Å². The second-order valence-electron chi connectivity index (χ2n) is 5.82. The Morgan fingerprint density at radius 1 is 1.57 bits per heavy atom. The van der Waals surface area contributed by atoms with Gasteiger partial charge in [0, 0.05) is 39.7 Å². The van der Waals surface area contributed by atoms with E-state index in [9.17, 15) is 4.79 Å². The van der Waals surface area contributed by atoms with Crippen molar-refractivity contribution in [2.75, 3.05) is 45.4 Å². The van der Waals surface area contributed by atoms with E-state index in [1.807, 2.05) is 21.2 Å². The number of hydrogen-bond donors (Lipinski definition) is 1. The fourth-order valence-corrected chi connectivity index (χ4v) is 3.61. The number of likely N-dealkylation sites (tertiary alicyclic amines) is 1. The number of carbonyl (C=O) groups is 1. The Balaban J connectivity index is 1.73. The highest BCUT2D eigenvalue weighted by atomic mass is 32.2. The van der Waals surface area contributed by atoms with Gasteiger partial charge in [-0.1, -0.05) is 0 Å². The van der Waals surface area contributed by atoms with Crippen LogP contribution in [0.2, 0.25) is 0 Å². The fraction of sp³-hybridized carbons (Fsp3) is 0.800.